The van der Waals surface area contributed by atoms with E-state index in [0.29, 0.717) is 23.2 Å². The van der Waals surface area contributed by atoms with Crippen LogP contribution in [0.5, 0.6) is 0 Å². The summed E-state index contributed by atoms with van der Waals surface area (Å²) >= 11 is 11.0. The van der Waals surface area contributed by atoms with Gasteiger partial charge in [-0.15, -0.1) is 0 Å². The summed E-state index contributed by atoms with van der Waals surface area (Å²) in [6.07, 6.45) is 0. The van der Waals surface area contributed by atoms with Crippen molar-refractivity contribution >= 4 is 34.6 Å². The molecule has 4 nitrogen and oxygen atoms in total. The second-order valence-electron chi connectivity index (χ2n) is 3.37. The molecule has 0 spiro atoms. The maximum Gasteiger partial charge on any atom is 0.173 e. The van der Waals surface area contributed by atoms with Crippen molar-refractivity contribution in [3.8, 4) is 0 Å². The highest BCUT2D eigenvalue weighted by atomic mass is 35.5. The number of hydrogen-bond acceptors (Lipinski definition) is 3. The van der Waals surface area contributed by atoms with Crippen molar-refractivity contribution in [3.05, 3.63) is 29.3 Å². The number of halogens is 1. The monoisotopic (exact) mass is 274 g/mol. The Labute approximate surface area is 111 Å². The van der Waals surface area contributed by atoms with Crippen molar-refractivity contribution in [3.63, 3.8) is 0 Å². The molecule has 0 aliphatic heterocycles. The lowest BCUT2D eigenvalue weighted by molar-refractivity contribution is 0.214. The van der Waals surface area contributed by atoms with Crippen molar-refractivity contribution in [2.75, 3.05) is 31.6 Å². The molecule has 0 radical (unpaired) electrons. The summed E-state index contributed by atoms with van der Waals surface area (Å²) < 4.78 is 0. The molecule has 3 N–H and O–H groups in total. The fourth-order valence-electron chi connectivity index (χ4n) is 1.29. The van der Waals surface area contributed by atoms with Gasteiger partial charge in [-0.1, -0.05) is 11.6 Å². The molecule has 17 heavy (non-hydrogen) atoms. The molecule has 0 heterocycles. The summed E-state index contributed by atoms with van der Waals surface area (Å²) in [6, 6.07) is 7.14. The maximum absolute atomic E-state index is 8.89. The van der Waals surface area contributed by atoms with E-state index in [2.05, 4.69) is 5.32 Å². The van der Waals surface area contributed by atoms with Gasteiger partial charge in [0.2, 0.25) is 0 Å². The van der Waals surface area contributed by atoms with Gasteiger partial charge in [0.1, 0.15) is 0 Å². The van der Waals surface area contributed by atoms with Gasteiger partial charge < -0.3 is 20.4 Å². The van der Waals surface area contributed by atoms with E-state index in [1.807, 2.05) is 12.1 Å². The van der Waals surface area contributed by atoms with E-state index in [4.69, 9.17) is 34.0 Å². The summed E-state index contributed by atoms with van der Waals surface area (Å²) in [5.74, 6) is 0. The lowest BCUT2D eigenvalue weighted by Crippen LogP contribution is -2.38. The molecule has 0 aliphatic rings. The van der Waals surface area contributed by atoms with Gasteiger partial charge in [0, 0.05) is 23.8 Å². The van der Waals surface area contributed by atoms with E-state index in [-0.39, 0.29) is 13.2 Å². The third kappa shape index (κ3) is 4.87. The van der Waals surface area contributed by atoms with Crippen molar-refractivity contribution in [1.82, 2.24) is 4.90 Å². The first-order valence-corrected chi connectivity index (χ1v) is 5.99. The van der Waals surface area contributed by atoms with E-state index >= 15 is 0 Å². The maximum atomic E-state index is 8.89. The quantitative estimate of drug-likeness (QED) is 0.707. The van der Waals surface area contributed by atoms with Crippen LogP contribution in [0.3, 0.4) is 0 Å². The summed E-state index contributed by atoms with van der Waals surface area (Å²) in [5.41, 5.74) is 0.820. The van der Waals surface area contributed by atoms with Gasteiger partial charge in [0.15, 0.2) is 5.11 Å². The molecule has 0 fully saturated rings. The molecule has 0 saturated carbocycles. The number of aliphatic hydroxyl groups is 2. The van der Waals surface area contributed by atoms with Crippen molar-refractivity contribution in [2.45, 2.75) is 0 Å². The average molecular weight is 275 g/mol. The Kier molecular flexibility index (Phi) is 6.21. The molecule has 0 aromatic heterocycles. The zero-order chi connectivity index (χ0) is 12.7. The first-order chi connectivity index (χ1) is 8.17. The highest BCUT2D eigenvalue weighted by Crippen LogP contribution is 2.13. The van der Waals surface area contributed by atoms with Gasteiger partial charge in [-0.25, -0.2) is 0 Å². The highest BCUT2D eigenvalue weighted by Gasteiger charge is 2.08. The molecule has 0 saturated heterocycles. The number of nitrogens with zero attached hydrogens (tertiary/aromatic N) is 1. The Morgan fingerprint density at radius 1 is 1.18 bits per heavy atom. The van der Waals surface area contributed by atoms with Crippen molar-refractivity contribution in [1.29, 1.82) is 0 Å². The Hall–Kier alpha value is -0.880. The summed E-state index contributed by atoms with van der Waals surface area (Å²) in [7, 11) is 0. The fourth-order valence-corrected chi connectivity index (χ4v) is 1.72. The van der Waals surface area contributed by atoms with Gasteiger partial charge in [-0.3, -0.25) is 0 Å². The van der Waals surface area contributed by atoms with Crippen LogP contribution in [0.1, 0.15) is 0 Å². The molecule has 1 aromatic carbocycles. The minimum absolute atomic E-state index is 0.0115. The SMILES string of the molecule is OCCN(CCO)C(=S)Nc1ccc(Cl)cc1. The van der Waals surface area contributed by atoms with E-state index in [1.54, 1.807) is 17.0 Å². The lowest BCUT2D eigenvalue weighted by Gasteiger charge is -2.24. The molecule has 0 unspecified atom stereocenters. The minimum Gasteiger partial charge on any atom is -0.395 e. The van der Waals surface area contributed by atoms with Gasteiger partial charge in [-0.05, 0) is 36.5 Å². The van der Waals surface area contributed by atoms with E-state index < -0.39 is 0 Å². The molecule has 0 amide bonds. The summed E-state index contributed by atoms with van der Waals surface area (Å²) in [6.45, 7) is 0.755. The molecule has 1 aromatic rings. The summed E-state index contributed by atoms with van der Waals surface area (Å²) in [5, 5.41) is 21.9. The molecule has 0 atom stereocenters. The van der Waals surface area contributed by atoms with E-state index in [1.165, 1.54) is 0 Å². The number of nitrogens with one attached hydrogen (secondary N) is 1. The first-order valence-electron chi connectivity index (χ1n) is 5.20. The fraction of sp³-hybridized carbons (Fsp3) is 0.364. The van der Waals surface area contributed by atoms with Crippen LogP contribution in [0.4, 0.5) is 5.69 Å². The molecule has 0 aliphatic carbocycles. The summed E-state index contributed by atoms with van der Waals surface area (Å²) in [4.78, 5) is 1.70. The third-order valence-corrected chi connectivity index (χ3v) is 2.73. The largest absolute Gasteiger partial charge is 0.395 e. The normalized spacial score (nSPS) is 10.1. The zero-order valence-corrected chi connectivity index (χ0v) is 10.8. The molecular formula is C11H15ClN2O2S. The van der Waals surface area contributed by atoms with Gasteiger partial charge in [0.05, 0.1) is 13.2 Å². The number of rotatable bonds is 5. The van der Waals surface area contributed by atoms with Crippen LogP contribution in [-0.4, -0.2) is 46.5 Å². The number of aliphatic hydroxyl groups excluding tert-OH is 2. The van der Waals surface area contributed by atoms with Crippen molar-refractivity contribution < 1.29 is 10.2 Å². The Balaban J connectivity index is 2.59. The minimum atomic E-state index is -0.0115. The Morgan fingerprint density at radius 3 is 2.18 bits per heavy atom. The molecular weight excluding hydrogens is 260 g/mol. The molecule has 94 valence electrons. The van der Waals surface area contributed by atoms with Crippen molar-refractivity contribution in [2.24, 2.45) is 0 Å². The zero-order valence-electron chi connectivity index (χ0n) is 9.27. The number of anilines is 1. The van der Waals surface area contributed by atoms with Crippen LogP contribution >= 0.6 is 23.8 Å². The standard InChI is InChI=1S/C11H15ClN2O2S/c12-9-1-3-10(4-2-9)13-11(17)14(5-7-15)6-8-16/h1-4,15-16H,5-8H2,(H,13,17). The van der Waals surface area contributed by atoms with Crippen LogP contribution in [0, 0.1) is 0 Å². The second kappa shape index (κ2) is 7.45. The van der Waals surface area contributed by atoms with Crippen LogP contribution < -0.4 is 5.32 Å². The van der Waals surface area contributed by atoms with Gasteiger partial charge in [-0.2, -0.15) is 0 Å². The lowest BCUT2D eigenvalue weighted by atomic mass is 10.3. The van der Waals surface area contributed by atoms with Gasteiger partial charge in [0.25, 0.3) is 0 Å². The molecule has 0 bridgehead atoms. The third-order valence-electron chi connectivity index (χ3n) is 2.12. The van der Waals surface area contributed by atoms with E-state index in [9.17, 15) is 0 Å². The van der Waals surface area contributed by atoms with Crippen LogP contribution in [-0.2, 0) is 0 Å². The van der Waals surface area contributed by atoms with Crippen LogP contribution in [0.25, 0.3) is 0 Å². The number of benzene rings is 1. The topological polar surface area (TPSA) is 55.7 Å². The predicted octanol–water partition coefficient (Wildman–Crippen LogP) is 1.32. The predicted molar refractivity (Wildman–Crippen MR) is 73.4 cm³/mol. The smallest absolute Gasteiger partial charge is 0.173 e. The first kappa shape index (κ1) is 14.2. The molecule has 1 rings (SSSR count). The van der Waals surface area contributed by atoms with Crippen LogP contribution in [0.2, 0.25) is 5.02 Å². The number of hydrogen-bond donors (Lipinski definition) is 3. The Bertz CT molecular complexity index is 353. The molecule has 6 heteroatoms. The highest BCUT2D eigenvalue weighted by molar-refractivity contribution is 7.80. The average Bonchev–Trinajstić information content (AvgIpc) is 2.32. The second-order valence-corrected chi connectivity index (χ2v) is 4.19. The van der Waals surface area contributed by atoms with Gasteiger partial charge >= 0.3 is 0 Å². The Morgan fingerprint density at radius 2 is 1.71 bits per heavy atom. The van der Waals surface area contributed by atoms with Crippen LogP contribution in [0.15, 0.2) is 24.3 Å². The van der Waals surface area contributed by atoms with E-state index in [0.717, 1.165) is 5.69 Å². The number of thiocarbonyl (C=S) groups is 1.